The van der Waals surface area contributed by atoms with Crippen LogP contribution in [-0.2, 0) is 6.61 Å². The van der Waals surface area contributed by atoms with E-state index in [0.29, 0.717) is 5.75 Å². The van der Waals surface area contributed by atoms with Crippen LogP contribution < -0.4 is 0 Å². The Hall–Kier alpha value is -0.910. The first-order valence-electron chi connectivity index (χ1n) is 3.63. The number of aliphatic hydroxyl groups is 1. The van der Waals surface area contributed by atoms with Gasteiger partial charge in [-0.15, -0.1) is 18.2 Å². The van der Waals surface area contributed by atoms with E-state index in [2.05, 4.69) is 5.92 Å². The van der Waals surface area contributed by atoms with Gasteiger partial charge in [-0.05, 0) is 17.7 Å². The maximum absolute atomic E-state index is 8.77. The first kappa shape index (κ1) is 9.18. The predicted molar refractivity (Wildman–Crippen MR) is 51.9 cm³/mol. The molecule has 0 amide bonds. The van der Waals surface area contributed by atoms with Crippen LogP contribution >= 0.6 is 11.8 Å². The van der Waals surface area contributed by atoms with Gasteiger partial charge in [-0.25, -0.2) is 0 Å². The van der Waals surface area contributed by atoms with Crippen molar-refractivity contribution in [1.82, 2.24) is 0 Å². The van der Waals surface area contributed by atoms with Crippen LogP contribution in [0.5, 0.6) is 0 Å². The van der Waals surface area contributed by atoms with Gasteiger partial charge in [-0.1, -0.05) is 18.1 Å². The lowest BCUT2D eigenvalue weighted by molar-refractivity contribution is 0.282. The molecule has 0 radical (unpaired) electrons. The van der Waals surface area contributed by atoms with Crippen LogP contribution in [0.3, 0.4) is 0 Å². The van der Waals surface area contributed by atoms with Crippen molar-refractivity contribution in [3.8, 4) is 12.3 Å². The second kappa shape index (κ2) is 4.87. The van der Waals surface area contributed by atoms with Gasteiger partial charge in [-0.3, -0.25) is 0 Å². The van der Waals surface area contributed by atoms with Crippen LogP contribution in [0.1, 0.15) is 5.56 Å². The minimum absolute atomic E-state index is 0.0973. The fourth-order valence-electron chi connectivity index (χ4n) is 0.816. The second-order valence-electron chi connectivity index (χ2n) is 2.29. The summed E-state index contributed by atoms with van der Waals surface area (Å²) in [5, 5.41) is 8.77. The lowest BCUT2D eigenvalue weighted by atomic mass is 10.2. The van der Waals surface area contributed by atoms with Crippen LogP contribution in [-0.4, -0.2) is 10.9 Å². The van der Waals surface area contributed by atoms with E-state index in [1.54, 1.807) is 11.8 Å². The molecule has 0 aliphatic rings. The third-order valence-electron chi connectivity index (χ3n) is 1.43. The van der Waals surface area contributed by atoms with Gasteiger partial charge >= 0.3 is 0 Å². The third kappa shape index (κ3) is 2.61. The molecule has 12 heavy (non-hydrogen) atoms. The molecule has 1 aromatic carbocycles. The fraction of sp³-hybridized carbons (Fsp3) is 0.200. The van der Waals surface area contributed by atoms with Crippen molar-refractivity contribution >= 4 is 11.8 Å². The molecule has 2 heteroatoms. The Kier molecular flexibility index (Phi) is 3.72. The number of benzene rings is 1. The highest BCUT2D eigenvalue weighted by molar-refractivity contribution is 7.99. The third-order valence-corrected chi connectivity index (χ3v) is 2.34. The highest BCUT2D eigenvalue weighted by Crippen LogP contribution is 2.17. The molecule has 1 nitrogen and oxygen atoms in total. The van der Waals surface area contributed by atoms with Crippen LogP contribution in [0.2, 0.25) is 0 Å². The second-order valence-corrected chi connectivity index (χ2v) is 3.34. The zero-order chi connectivity index (χ0) is 8.81. The van der Waals surface area contributed by atoms with Crippen LogP contribution in [0, 0.1) is 12.3 Å². The van der Waals surface area contributed by atoms with E-state index in [4.69, 9.17) is 11.5 Å². The Morgan fingerprint density at radius 2 is 2.00 bits per heavy atom. The number of terminal acetylenes is 1. The Morgan fingerprint density at radius 3 is 2.50 bits per heavy atom. The molecule has 0 heterocycles. The monoisotopic (exact) mass is 178 g/mol. The van der Waals surface area contributed by atoms with Crippen LogP contribution in [0.25, 0.3) is 0 Å². The van der Waals surface area contributed by atoms with E-state index in [0.717, 1.165) is 10.5 Å². The van der Waals surface area contributed by atoms with E-state index < -0.39 is 0 Å². The Balaban J connectivity index is 2.60. The molecule has 1 rings (SSSR count). The Bertz CT molecular complexity index is 271. The zero-order valence-electron chi connectivity index (χ0n) is 6.66. The summed E-state index contributed by atoms with van der Waals surface area (Å²) >= 11 is 1.62. The highest BCUT2D eigenvalue weighted by atomic mass is 32.2. The number of hydrogen-bond donors (Lipinski definition) is 1. The molecule has 0 saturated carbocycles. The first-order chi connectivity index (χ1) is 5.86. The number of rotatable bonds is 3. The summed E-state index contributed by atoms with van der Waals surface area (Å²) in [5.74, 6) is 3.25. The molecular weight excluding hydrogens is 168 g/mol. The molecule has 0 atom stereocenters. The first-order valence-corrected chi connectivity index (χ1v) is 4.61. The summed E-state index contributed by atoms with van der Waals surface area (Å²) in [5.41, 5.74) is 0.931. The van der Waals surface area contributed by atoms with Crippen molar-refractivity contribution in [2.24, 2.45) is 0 Å². The maximum atomic E-state index is 8.77. The lowest BCUT2D eigenvalue weighted by Gasteiger charge is -1.98. The summed E-state index contributed by atoms with van der Waals surface area (Å²) in [6.45, 7) is 0.0973. The molecule has 1 aromatic rings. The summed E-state index contributed by atoms with van der Waals surface area (Å²) in [4.78, 5) is 1.14. The van der Waals surface area contributed by atoms with Crippen molar-refractivity contribution in [3.63, 3.8) is 0 Å². The van der Waals surface area contributed by atoms with E-state index >= 15 is 0 Å². The van der Waals surface area contributed by atoms with Gasteiger partial charge in [0.15, 0.2) is 0 Å². The van der Waals surface area contributed by atoms with Crippen molar-refractivity contribution in [2.45, 2.75) is 11.5 Å². The molecule has 0 aromatic heterocycles. The van der Waals surface area contributed by atoms with Crippen molar-refractivity contribution in [1.29, 1.82) is 0 Å². The van der Waals surface area contributed by atoms with Crippen LogP contribution in [0.4, 0.5) is 0 Å². The lowest BCUT2D eigenvalue weighted by Crippen LogP contribution is -1.81. The van der Waals surface area contributed by atoms with Crippen LogP contribution in [0.15, 0.2) is 29.2 Å². The van der Waals surface area contributed by atoms with E-state index in [-0.39, 0.29) is 6.61 Å². The molecule has 0 fully saturated rings. The number of hydrogen-bond acceptors (Lipinski definition) is 2. The zero-order valence-corrected chi connectivity index (χ0v) is 7.47. The molecule has 0 aliphatic carbocycles. The molecule has 1 N–H and O–H groups in total. The molecule has 0 spiro atoms. The standard InChI is InChI=1S/C10H10OS/c1-2-7-12-10-5-3-9(8-11)4-6-10/h1,3-6,11H,7-8H2. The minimum Gasteiger partial charge on any atom is -0.392 e. The van der Waals surface area contributed by atoms with E-state index in [9.17, 15) is 0 Å². The van der Waals surface area contributed by atoms with Gasteiger partial charge < -0.3 is 5.11 Å². The largest absolute Gasteiger partial charge is 0.392 e. The summed E-state index contributed by atoms with van der Waals surface area (Å²) < 4.78 is 0. The van der Waals surface area contributed by atoms with Gasteiger partial charge in [0.1, 0.15) is 0 Å². The van der Waals surface area contributed by atoms with Gasteiger partial charge in [-0.2, -0.15) is 0 Å². The average molecular weight is 178 g/mol. The summed E-state index contributed by atoms with van der Waals surface area (Å²) in [7, 11) is 0. The SMILES string of the molecule is C#CCSc1ccc(CO)cc1. The van der Waals surface area contributed by atoms with Gasteiger partial charge in [0.05, 0.1) is 12.4 Å². The molecular formula is C10H10OS. The Labute approximate surface area is 76.8 Å². The number of thioether (sulfide) groups is 1. The van der Waals surface area contributed by atoms with Crippen molar-refractivity contribution in [3.05, 3.63) is 29.8 Å². The van der Waals surface area contributed by atoms with E-state index in [1.807, 2.05) is 24.3 Å². The van der Waals surface area contributed by atoms with Crippen molar-refractivity contribution < 1.29 is 5.11 Å². The van der Waals surface area contributed by atoms with Gasteiger partial charge in [0.2, 0.25) is 0 Å². The topological polar surface area (TPSA) is 20.2 Å². The molecule has 0 saturated heterocycles. The average Bonchev–Trinajstić information content (AvgIpc) is 2.15. The predicted octanol–water partition coefficient (Wildman–Crippen LogP) is 1.90. The smallest absolute Gasteiger partial charge is 0.0681 e. The van der Waals surface area contributed by atoms with E-state index in [1.165, 1.54) is 0 Å². The normalized spacial score (nSPS) is 9.33. The molecule has 0 bridgehead atoms. The molecule has 62 valence electrons. The quantitative estimate of drug-likeness (QED) is 0.563. The maximum Gasteiger partial charge on any atom is 0.0681 e. The Morgan fingerprint density at radius 1 is 1.33 bits per heavy atom. The number of aliphatic hydroxyl groups excluding tert-OH is 1. The fourth-order valence-corrected chi connectivity index (χ4v) is 1.39. The molecule has 0 aliphatic heterocycles. The van der Waals surface area contributed by atoms with Gasteiger partial charge in [0, 0.05) is 4.90 Å². The minimum atomic E-state index is 0.0973. The molecule has 0 unspecified atom stereocenters. The highest BCUT2D eigenvalue weighted by Gasteiger charge is 1.92. The van der Waals surface area contributed by atoms with Crippen molar-refractivity contribution in [2.75, 3.05) is 5.75 Å². The summed E-state index contributed by atoms with van der Waals surface area (Å²) in [6.07, 6.45) is 5.12. The summed E-state index contributed by atoms with van der Waals surface area (Å²) in [6, 6.07) is 7.73. The van der Waals surface area contributed by atoms with Gasteiger partial charge in [0.25, 0.3) is 0 Å².